The number of hydrogen-bond acceptors (Lipinski definition) is 3. The van der Waals surface area contributed by atoms with Gasteiger partial charge in [-0.1, -0.05) is 19.1 Å². The molecule has 1 saturated heterocycles. The molecule has 1 aromatic rings. The molecule has 1 amide bonds. The maximum atomic E-state index is 11.8. The average molecular weight is 281 g/mol. The Kier molecular flexibility index (Phi) is 4.24. The minimum absolute atomic E-state index is 0.0279. The van der Waals surface area contributed by atoms with E-state index in [2.05, 4.69) is 12.2 Å². The van der Waals surface area contributed by atoms with Gasteiger partial charge in [-0.05, 0) is 36.5 Å². The van der Waals surface area contributed by atoms with Crippen molar-refractivity contribution in [3.8, 4) is 0 Å². The van der Waals surface area contributed by atoms with Crippen LogP contribution in [-0.4, -0.2) is 25.8 Å². The van der Waals surface area contributed by atoms with Crippen molar-refractivity contribution in [2.75, 3.05) is 16.8 Å². The molecule has 0 aromatic heterocycles. The summed E-state index contributed by atoms with van der Waals surface area (Å²) in [6.07, 6.45) is 1.85. The number of aryl methyl sites for hydroxylation is 1. The molecular formula is C14H19NO3S. The number of carbonyl (C=O) groups is 1. The van der Waals surface area contributed by atoms with E-state index < -0.39 is 9.84 Å². The number of anilines is 1. The van der Waals surface area contributed by atoms with Crippen molar-refractivity contribution in [1.29, 1.82) is 0 Å². The van der Waals surface area contributed by atoms with E-state index in [0.29, 0.717) is 6.42 Å². The highest BCUT2D eigenvalue weighted by Gasteiger charge is 2.29. The second-order valence-corrected chi connectivity index (χ2v) is 7.30. The first-order valence-electron chi connectivity index (χ1n) is 6.58. The van der Waals surface area contributed by atoms with Gasteiger partial charge in [-0.15, -0.1) is 0 Å². The molecule has 1 fully saturated rings. The molecule has 1 unspecified atom stereocenters. The molecule has 0 saturated carbocycles. The number of hydrogen-bond donors (Lipinski definition) is 1. The number of rotatable bonds is 4. The van der Waals surface area contributed by atoms with E-state index in [1.807, 2.05) is 24.3 Å². The molecule has 1 aliphatic rings. The molecule has 0 radical (unpaired) electrons. The zero-order valence-corrected chi connectivity index (χ0v) is 11.9. The first-order chi connectivity index (χ1) is 8.98. The predicted molar refractivity (Wildman–Crippen MR) is 75.8 cm³/mol. The van der Waals surface area contributed by atoms with E-state index in [1.54, 1.807) is 0 Å². The van der Waals surface area contributed by atoms with Crippen LogP contribution in [-0.2, 0) is 21.1 Å². The number of sulfone groups is 1. The number of benzene rings is 1. The monoisotopic (exact) mass is 281 g/mol. The molecule has 1 aliphatic heterocycles. The molecule has 104 valence electrons. The van der Waals surface area contributed by atoms with Gasteiger partial charge < -0.3 is 5.32 Å². The van der Waals surface area contributed by atoms with Gasteiger partial charge in [-0.3, -0.25) is 4.79 Å². The molecule has 19 heavy (non-hydrogen) atoms. The number of carbonyl (C=O) groups excluding carboxylic acids is 1. The van der Waals surface area contributed by atoms with Crippen molar-refractivity contribution in [1.82, 2.24) is 0 Å². The molecule has 1 atom stereocenters. The lowest BCUT2D eigenvalue weighted by Gasteiger charge is -2.09. The van der Waals surface area contributed by atoms with Crippen molar-refractivity contribution in [3.63, 3.8) is 0 Å². The molecule has 0 bridgehead atoms. The van der Waals surface area contributed by atoms with E-state index in [4.69, 9.17) is 0 Å². The smallest absolute Gasteiger partial charge is 0.224 e. The number of amides is 1. The van der Waals surface area contributed by atoms with Crippen LogP contribution in [0.1, 0.15) is 25.3 Å². The van der Waals surface area contributed by atoms with Crippen molar-refractivity contribution in [3.05, 3.63) is 29.8 Å². The quantitative estimate of drug-likeness (QED) is 0.918. The second-order valence-electron chi connectivity index (χ2n) is 5.07. The van der Waals surface area contributed by atoms with Gasteiger partial charge in [0, 0.05) is 12.1 Å². The van der Waals surface area contributed by atoms with Crippen LogP contribution in [0.2, 0.25) is 0 Å². The molecule has 5 heteroatoms. The Balaban J connectivity index is 1.87. The van der Waals surface area contributed by atoms with Crippen LogP contribution < -0.4 is 5.32 Å². The van der Waals surface area contributed by atoms with Crippen molar-refractivity contribution < 1.29 is 13.2 Å². The maximum absolute atomic E-state index is 11.8. The van der Waals surface area contributed by atoms with Crippen LogP contribution in [0.4, 0.5) is 5.69 Å². The lowest BCUT2D eigenvalue weighted by Crippen LogP contribution is -2.17. The van der Waals surface area contributed by atoms with E-state index >= 15 is 0 Å². The summed E-state index contributed by atoms with van der Waals surface area (Å²) in [6.45, 7) is 2.08. The fraction of sp³-hybridized carbons (Fsp3) is 0.500. The lowest BCUT2D eigenvalue weighted by atomic mass is 10.0. The first kappa shape index (κ1) is 14.1. The van der Waals surface area contributed by atoms with Crippen LogP contribution in [0, 0.1) is 5.92 Å². The SMILES string of the molecule is CCc1ccc(NC(=O)CC2CCS(=O)(=O)C2)cc1. The van der Waals surface area contributed by atoms with Gasteiger partial charge in [-0.25, -0.2) is 8.42 Å². The van der Waals surface area contributed by atoms with Crippen LogP contribution in [0.15, 0.2) is 24.3 Å². The fourth-order valence-corrected chi connectivity index (χ4v) is 4.19. The summed E-state index contributed by atoms with van der Waals surface area (Å²) < 4.78 is 22.6. The summed E-state index contributed by atoms with van der Waals surface area (Å²) in [5.41, 5.74) is 1.99. The van der Waals surface area contributed by atoms with E-state index in [1.165, 1.54) is 5.56 Å². The summed E-state index contributed by atoms with van der Waals surface area (Å²) in [6, 6.07) is 7.72. The van der Waals surface area contributed by atoms with E-state index in [-0.39, 0.29) is 29.8 Å². The minimum atomic E-state index is -2.90. The Morgan fingerprint density at radius 1 is 1.32 bits per heavy atom. The van der Waals surface area contributed by atoms with Gasteiger partial charge in [-0.2, -0.15) is 0 Å². The summed E-state index contributed by atoms with van der Waals surface area (Å²) in [5, 5.41) is 2.81. The Morgan fingerprint density at radius 3 is 2.53 bits per heavy atom. The van der Waals surface area contributed by atoms with Crippen molar-refractivity contribution >= 4 is 21.4 Å². The van der Waals surface area contributed by atoms with Gasteiger partial charge in [0.05, 0.1) is 11.5 Å². The normalized spacial score (nSPS) is 21.2. The zero-order valence-electron chi connectivity index (χ0n) is 11.1. The van der Waals surface area contributed by atoms with Gasteiger partial charge in [0.1, 0.15) is 0 Å². The highest BCUT2D eigenvalue weighted by Crippen LogP contribution is 2.22. The Bertz CT molecular complexity index is 549. The molecule has 1 aromatic carbocycles. The third-order valence-electron chi connectivity index (χ3n) is 3.45. The van der Waals surface area contributed by atoms with E-state index in [0.717, 1.165) is 12.1 Å². The standard InChI is InChI=1S/C14H19NO3S/c1-2-11-3-5-13(6-4-11)15-14(16)9-12-7-8-19(17,18)10-12/h3-6,12H,2,7-10H2,1H3,(H,15,16). The zero-order chi connectivity index (χ0) is 13.9. The Morgan fingerprint density at radius 2 is 2.00 bits per heavy atom. The van der Waals surface area contributed by atoms with Crippen LogP contribution in [0.5, 0.6) is 0 Å². The summed E-state index contributed by atoms with van der Waals surface area (Å²) in [7, 11) is -2.90. The molecule has 2 rings (SSSR count). The summed E-state index contributed by atoms with van der Waals surface area (Å²) in [4.78, 5) is 11.8. The third kappa shape index (κ3) is 4.06. The molecular weight excluding hydrogens is 262 g/mol. The third-order valence-corrected chi connectivity index (χ3v) is 5.28. The molecule has 0 aliphatic carbocycles. The average Bonchev–Trinajstić information content (AvgIpc) is 2.69. The van der Waals surface area contributed by atoms with Crippen LogP contribution in [0.25, 0.3) is 0 Å². The number of nitrogens with one attached hydrogen (secondary N) is 1. The fourth-order valence-electron chi connectivity index (χ4n) is 2.33. The molecule has 1 N–H and O–H groups in total. The Labute approximate surface area is 114 Å². The van der Waals surface area contributed by atoms with Gasteiger partial charge in [0.2, 0.25) is 5.91 Å². The molecule has 1 heterocycles. The van der Waals surface area contributed by atoms with Gasteiger partial charge >= 0.3 is 0 Å². The highest BCUT2D eigenvalue weighted by molar-refractivity contribution is 7.91. The largest absolute Gasteiger partial charge is 0.326 e. The van der Waals surface area contributed by atoms with Crippen LogP contribution in [0.3, 0.4) is 0 Å². The Hall–Kier alpha value is -1.36. The van der Waals surface area contributed by atoms with Crippen LogP contribution >= 0.6 is 0 Å². The molecule has 0 spiro atoms. The molecule has 4 nitrogen and oxygen atoms in total. The van der Waals surface area contributed by atoms with E-state index in [9.17, 15) is 13.2 Å². The van der Waals surface area contributed by atoms with Crippen molar-refractivity contribution in [2.24, 2.45) is 5.92 Å². The van der Waals surface area contributed by atoms with Gasteiger partial charge in [0.15, 0.2) is 9.84 Å². The second kappa shape index (κ2) is 5.74. The summed E-state index contributed by atoms with van der Waals surface area (Å²) >= 11 is 0. The van der Waals surface area contributed by atoms with Crippen molar-refractivity contribution in [2.45, 2.75) is 26.2 Å². The summed E-state index contributed by atoms with van der Waals surface area (Å²) in [5.74, 6) is 0.233. The predicted octanol–water partition coefficient (Wildman–Crippen LogP) is 2.01. The van der Waals surface area contributed by atoms with Gasteiger partial charge in [0.25, 0.3) is 0 Å². The highest BCUT2D eigenvalue weighted by atomic mass is 32.2. The minimum Gasteiger partial charge on any atom is -0.326 e. The maximum Gasteiger partial charge on any atom is 0.224 e. The first-order valence-corrected chi connectivity index (χ1v) is 8.40. The lowest BCUT2D eigenvalue weighted by molar-refractivity contribution is -0.116. The topological polar surface area (TPSA) is 63.2 Å².